The Kier molecular flexibility index (Phi) is 3.67. The van der Waals surface area contributed by atoms with E-state index in [-0.39, 0.29) is 17.4 Å². The molecule has 0 radical (unpaired) electrons. The summed E-state index contributed by atoms with van der Waals surface area (Å²) in [4.78, 5) is 10.9. The molecule has 0 fully saturated rings. The standard InChI is InChI=1S/C13H16O2/c1-9(2)12(10(3)13(14)15)11-7-5-4-6-8-11/h4-9,12H,3H2,1-2H3,(H,14,15). The van der Waals surface area contributed by atoms with Crippen molar-refractivity contribution in [2.75, 3.05) is 0 Å². The molecule has 15 heavy (non-hydrogen) atoms. The number of carbonyl (C=O) groups is 1. The third-order valence-electron chi connectivity index (χ3n) is 2.48. The molecule has 2 heteroatoms. The number of rotatable bonds is 4. The van der Waals surface area contributed by atoms with Gasteiger partial charge in [0.2, 0.25) is 0 Å². The maximum Gasteiger partial charge on any atom is 0.331 e. The van der Waals surface area contributed by atoms with E-state index in [4.69, 9.17) is 5.11 Å². The van der Waals surface area contributed by atoms with E-state index < -0.39 is 5.97 Å². The fourth-order valence-corrected chi connectivity index (χ4v) is 1.78. The summed E-state index contributed by atoms with van der Waals surface area (Å²) in [6.07, 6.45) is 0. The summed E-state index contributed by atoms with van der Waals surface area (Å²) >= 11 is 0. The second-order valence-electron chi connectivity index (χ2n) is 3.96. The molecular formula is C13H16O2. The molecule has 0 saturated heterocycles. The molecule has 1 atom stereocenters. The van der Waals surface area contributed by atoms with Crippen molar-refractivity contribution in [2.24, 2.45) is 5.92 Å². The van der Waals surface area contributed by atoms with Gasteiger partial charge in [-0.3, -0.25) is 0 Å². The van der Waals surface area contributed by atoms with E-state index in [0.717, 1.165) is 5.56 Å². The predicted octanol–water partition coefficient (Wildman–Crippen LogP) is 3.07. The largest absolute Gasteiger partial charge is 0.478 e. The smallest absolute Gasteiger partial charge is 0.331 e. The Morgan fingerprint density at radius 3 is 2.20 bits per heavy atom. The fourth-order valence-electron chi connectivity index (χ4n) is 1.78. The first kappa shape index (κ1) is 11.5. The normalized spacial score (nSPS) is 12.5. The highest BCUT2D eigenvalue weighted by Crippen LogP contribution is 2.30. The van der Waals surface area contributed by atoms with Gasteiger partial charge in [-0.2, -0.15) is 0 Å². The first-order chi connectivity index (χ1) is 7.04. The van der Waals surface area contributed by atoms with Crippen molar-refractivity contribution in [2.45, 2.75) is 19.8 Å². The molecule has 1 N–H and O–H groups in total. The lowest BCUT2D eigenvalue weighted by atomic mass is 9.83. The lowest BCUT2D eigenvalue weighted by Crippen LogP contribution is -2.15. The molecular weight excluding hydrogens is 188 g/mol. The molecule has 0 aliphatic rings. The molecule has 1 aromatic carbocycles. The van der Waals surface area contributed by atoms with Crippen LogP contribution in [0.25, 0.3) is 0 Å². The van der Waals surface area contributed by atoms with Gasteiger partial charge in [-0.05, 0) is 11.5 Å². The van der Waals surface area contributed by atoms with Crippen LogP contribution in [0.15, 0.2) is 42.5 Å². The Bertz CT molecular complexity index is 352. The van der Waals surface area contributed by atoms with Crippen LogP contribution in [0.5, 0.6) is 0 Å². The summed E-state index contributed by atoms with van der Waals surface area (Å²) in [5.41, 5.74) is 1.27. The van der Waals surface area contributed by atoms with Gasteiger partial charge < -0.3 is 5.11 Å². The first-order valence-electron chi connectivity index (χ1n) is 5.01. The Labute approximate surface area is 90.3 Å². The van der Waals surface area contributed by atoms with Crippen LogP contribution in [0.1, 0.15) is 25.3 Å². The minimum Gasteiger partial charge on any atom is -0.478 e. The van der Waals surface area contributed by atoms with Crippen molar-refractivity contribution in [3.63, 3.8) is 0 Å². The molecule has 0 heterocycles. The number of aliphatic carboxylic acids is 1. The zero-order valence-electron chi connectivity index (χ0n) is 9.10. The number of carboxylic acid groups (broad SMARTS) is 1. The van der Waals surface area contributed by atoms with E-state index in [9.17, 15) is 4.79 Å². The molecule has 80 valence electrons. The highest BCUT2D eigenvalue weighted by molar-refractivity contribution is 5.87. The molecule has 0 spiro atoms. The number of carboxylic acids is 1. The van der Waals surface area contributed by atoms with Crippen LogP contribution in [-0.4, -0.2) is 11.1 Å². The van der Waals surface area contributed by atoms with Gasteiger partial charge >= 0.3 is 5.97 Å². The van der Waals surface area contributed by atoms with E-state index in [1.54, 1.807) is 0 Å². The molecule has 1 unspecified atom stereocenters. The summed E-state index contributed by atoms with van der Waals surface area (Å²) in [6.45, 7) is 7.66. The minimum absolute atomic E-state index is 0.108. The Morgan fingerprint density at radius 2 is 1.80 bits per heavy atom. The van der Waals surface area contributed by atoms with Gasteiger partial charge in [0.25, 0.3) is 0 Å². The third kappa shape index (κ3) is 2.69. The molecule has 0 amide bonds. The zero-order valence-corrected chi connectivity index (χ0v) is 9.10. The van der Waals surface area contributed by atoms with Gasteiger partial charge in [0.05, 0.1) is 0 Å². The number of hydrogen-bond acceptors (Lipinski definition) is 1. The van der Waals surface area contributed by atoms with Gasteiger partial charge in [0, 0.05) is 11.5 Å². The fraction of sp³-hybridized carbons (Fsp3) is 0.308. The Morgan fingerprint density at radius 1 is 1.27 bits per heavy atom. The van der Waals surface area contributed by atoms with Gasteiger partial charge in [0.15, 0.2) is 0 Å². The number of hydrogen-bond donors (Lipinski definition) is 1. The summed E-state index contributed by atoms with van der Waals surface area (Å²) < 4.78 is 0. The topological polar surface area (TPSA) is 37.3 Å². The predicted molar refractivity (Wildman–Crippen MR) is 60.8 cm³/mol. The highest BCUT2D eigenvalue weighted by atomic mass is 16.4. The Hall–Kier alpha value is -1.57. The summed E-state index contributed by atoms with van der Waals surface area (Å²) in [7, 11) is 0. The summed E-state index contributed by atoms with van der Waals surface area (Å²) in [6, 6.07) is 9.64. The lowest BCUT2D eigenvalue weighted by Gasteiger charge is -2.21. The van der Waals surface area contributed by atoms with Gasteiger partial charge in [0.1, 0.15) is 0 Å². The summed E-state index contributed by atoms with van der Waals surface area (Å²) in [5, 5.41) is 8.96. The monoisotopic (exact) mass is 204 g/mol. The van der Waals surface area contributed by atoms with Gasteiger partial charge in [-0.25, -0.2) is 4.79 Å². The van der Waals surface area contributed by atoms with Crippen molar-refractivity contribution in [3.05, 3.63) is 48.0 Å². The van der Waals surface area contributed by atoms with Crippen LogP contribution in [0.2, 0.25) is 0 Å². The average Bonchev–Trinajstić information content (AvgIpc) is 2.18. The SMILES string of the molecule is C=C(C(=O)O)C(c1ccccc1)C(C)C. The van der Waals surface area contributed by atoms with Crippen molar-refractivity contribution in [1.82, 2.24) is 0 Å². The maximum atomic E-state index is 10.9. The average molecular weight is 204 g/mol. The molecule has 0 bridgehead atoms. The van der Waals surface area contributed by atoms with Crippen LogP contribution in [0.3, 0.4) is 0 Å². The van der Waals surface area contributed by atoms with Crippen LogP contribution in [0, 0.1) is 5.92 Å². The van der Waals surface area contributed by atoms with Crippen molar-refractivity contribution < 1.29 is 9.90 Å². The van der Waals surface area contributed by atoms with Crippen LogP contribution in [-0.2, 0) is 4.79 Å². The van der Waals surface area contributed by atoms with Crippen LogP contribution in [0.4, 0.5) is 0 Å². The second-order valence-corrected chi connectivity index (χ2v) is 3.96. The molecule has 0 aromatic heterocycles. The lowest BCUT2D eigenvalue weighted by molar-refractivity contribution is -0.133. The maximum absolute atomic E-state index is 10.9. The molecule has 1 rings (SSSR count). The number of benzene rings is 1. The molecule has 0 aliphatic heterocycles. The summed E-state index contributed by atoms with van der Waals surface area (Å²) in [5.74, 6) is -0.794. The van der Waals surface area contributed by atoms with Crippen molar-refractivity contribution in [3.8, 4) is 0 Å². The van der Waals surface area contributed by atoms with E-state index >= 15 is 0 Å². The molecule has 0 aliphatic carbocycles. The zero-order chi connectivity index (χ0) is 11.4. The van der Waals surface area contributed by atoms with Crippen molar-refractivity contribution >= 4 is 5.97 Å². The first-order valence-corrected chi connectivity index (χ1v) is 5.01. The van der Waals surface area contributed by atoms with E-state index in [0.29, 0.717) is 0 Å². The highest BCUT2D eigenvalue weighted by Gasteiger charge is 2.23. The molecule has 2 nitrogen and oxygen atoms in total. The third-order valence-corrected chi connectivity index (χ3v) is 2.48. The van der Waals surface area contributed by atoms with E-state index in [2.05, 4.69) is 6.58 Å². The van der Waals surface area contributed by atoms with E-state index in [1.165, 1.54) is 0 Å². The van der Waals surface area contributed by atoms with Gasteiger partial charge in [-0.15, -0.1) is 0 Å². The van der Waals surface area contributed by atoms with Gasteiger partial charge in [-0.1, -0.05) is 50.8 Å². The van der Waals surface area contributed by atoms with Crippen molar-refractivity contribution in [1.29, 1.82) is 0 Å². The molecule has 0 saturated carbocycles. The van der Waals surface area contributed by atoms with Crippen LogP contribution < -0.4 is 0 Å². The molecule has 1 aromatic rings. The Balaban J connectivity index is 3.04. The van der Waals surface area contributed by atoms with Crippen LogP contribution >= 0.6 is 0 Å². The van der Waals surface area contributed by atoms with E-state index in [1.807, 2.05) is 44.2 Å². The quantitative estimate of drug-likeness (QED) is 0.765. The second kappa shape index (κ2) is 4.78. The minimum atomic E-state index is -0.919.